The third kappa shape index (κ3) is 6.83. The fourth-order valence-electron chi connectivity index (χ4n) is 6.06. The summed E-state index contributed by atoms with van der Waals surface area (Å²) in [6.45, 7) is 19.0. The molecule has 39 heavy (non-hydrogen) atoms. The average Bonchev–Trinajstić information content (AvgIpc) is 2.92. The molecule has 1 aliphatic rings. The van der Waals surface area contributed by atoms with Crippen LogP contribution in [0.2, 0.25) is 5.04 Å². The number of ether oxygens (including phenoxy) is 1. The quantitative estimate of drug-likeness (QED) is 0.311. The summed E-state index contributed by atoms with van der Waals surface area (Å²) in [5.41, 5.74) is 1.49. The van der Waals surface area contributed by atoms with E-state index in [-0.39, 0.29) is 10.6 Å². The van der Waals surface area contributed by atoms with E-state index in [2.05, 4.69) is 136 Å². The highest BCUT2D eigenvalue weighted by Gasteiger charge is 2.50. The van der Waals surface area contributed by atoms with E-state index >= 15 is 0 Å². The van der Waals surface area contributed by atoms with Crippen LogP contribution in [-0.2, 0) is 11.0 Å². The van der Waals surface area contributed by atoms with Crippen LogP contribution in [0.1, 0.15) is 53.5 Å². The van der Waals surface area contributed by atoms with Crippen molar-refractivity contribution >= 4 is 18.7 Å². The van der Waals surface area contributed by atoms with Crippen LogP contribution in [0.4, 0.5) is 0 Å². The van der Waals surface area contributed by atoms with Crippen LogP contribution in [0.3, 0.4) is 0 Å². The van der Waals surface area contributed by atoms with Crippen LogP contribution in [0.25, 0.3) is 0 Å². The topological polar surface area (TPSA) is 24.9 Å². The first kappa shape index (κ1) is 29.5. The Hall–Kier alpha value is -2.44. The minimum atomic E-state index is -2.54. The molecule has 0 radical (unpaired) electrons. The molecular weight excluding hydrogens is 496 g/mol. The Kier molecular flexibility index (Phi) is 9.38. The summed E-state index contributed by atoms with van der Waals surface area (Å²) >= 11 is 0. The molecule has 0 spiro atoms. The monoisotopic (exact) mass is 544 g/mol. The van der Waals surface area contributed by atoms with Crippen LogP contribution in [0.5, 0.6) is 5.75 Å². The molecule has 210 valence electrons. The van der Waals surface area contributed by atoms with Gasteiger partial charge in [0, 0.05) is 44.4 Å². The molecule has 0 aliphatic carbocycles. The van der Waals surface area contributed by atoms with E-state index < -0.39 is 8.32 Å². The number of piperazine rings is 1. The third-order valence-electron chi connectivity index (χ3n) is 8.28. The van der Waals surface area contributed by atoms with Gasteiger partial charge in [0.2, 0.25) is 0 Å². The Morgan fingerprint density at radius 1 is 0.769 bits per heavy atom. The molecule has 0 N–H and O–H groups in total. The molecule has 1 aliphatic heterocycles. The molecule has 0 amide bonds. The minimum Gasteiger partial charge on any atom is -0.497 e. The second-order valence-electron chi connectivity index (χ2n) is 12.9. The Morgan fingerprint density at radius 2 is 1.33 bits per heavy atom. The fraction of sp³-hybridized carbons (Fsp3) is 0.471. The first-order chi connectivity index (χ1) is 18.5. The predicted molar refractivity (Wildman–Crippen MR) is 167 cm³/mol. The van der Waals surface area contributed by atoms with Crippen LogP contribution in [0.15, 0.2) is 84.9 Å². The second-order valence-corrected chi connectivity index (χ2v) is 17.2. The number of nitrogens with zero attached hydrogens (tertiary/aromatic N) is 2. The maximum atomic E-state index is 7.30. The Bertz CT molecular complexity index is 1110. The van der Waals surface area contributed by atoms with Gasteiger partial charge in [0.25, 0.3) is 8.32 Å². The first-order valence-electron chi connectivity index (χ1n) is 14.4. The van der Waals surface area contributed by atoms with Gasteiger partial charge in [-0.25, -0.2) is 0 Å². The van der Waals surface area contributed by atoms with Crippen molar-refractivity contribution in [1.82, 2.24) is 9.80 Å². The molecule has 1 atom stereocenters. The van der Waals surface area contributed by atoms with Gasteiger partial charge in [-0.15, -0.1) is 0 Å². The molecule has 4 rings (SSSR count). The molecule has 3 aromatic rings. The normalized spacial score (nSPS) is 17.8. The largest absolute Gasteiger partial charge is 0.497 e. The molecule has 3 aromatic carbocycles. The van der Waals surface area contributed by atoms with E-state index in [9.17, 15) is 0 Å². The Morgan fingerprint density at radius 3 is 1.82 bits per heavy atom. The summed E-state index contributed by atoms with van der Waals surface area (Å²) in [6.07, 6.45) is 1.01. The third-order valence-corrected chi connectivity index (χ3v) is 13.3. The van der Waals surface area contributed by atoms with Gasteiger partial charge < -0.3 is 9.16 Å². The maximum Gasteiger partial charge on any atom is 0.261 e. The molecule has 0 bridgehead atoms. The molecule has 1 heterocycles. The molecule has 1 fully saturated rings. The first-order valence-corrected chi connectivity index (χ1v) is 16.3. The number of methoxy groups -OCH3 is 1. The molecular formula is C34H48N2O2Si. The van der Waals surface area contributed by atoms with Gasteiger partial charge in [0.15, 0.2) is 0 Å². The van der Waals surface area contributed by atoms with Crippen molar-refractivity contribution in [3.8, 4) is 5.75 Å². The maximum absolute atomic E-state index is 7.30. The fourth-order valence-corrected chi connectivity index (χ4v) is 10.6. The Labute approximate surface area is 238 Å². The van der Waals surface area contributed by atoms with Crippen molar-refractivity contribution in [3.63, 3.8) is 0 Å². The van der Waals surface area contributed by atoms with Crippen molar-refractivity contribution in [2.75, 3.05) is 33.4 Å². The van der Waals surface area contributed by atoms with Gasteiger partial charge in [-0.1, -0.05) is 93.6 Å². The molecule has 0 saturated carbocycles. The van der Waals surface area contributed by atoms with Gasteiger partial charge >= 0.3 is 0 Å². The van der Waals surface area contributed by atoms with E-state index in [4.69, 9.17) is 9.16 Å². The SMILES string of the molecule is COc1ccc(CN2CCN(C(C)(C)C)CC2CCO[Si](c2ccccc2)(c2ccccc2)C(C)(C)C)cc1. The zero-order valence-electron chi connectivity index (χ0n) is 25.1. The van der Waals surface area contributed by atoms with Crippen molar-refractivity contribution < 1.29 is 9.16 Å². The average molecular weight is 545 g/mol. The summed E-state index contributed by atoms with van der Waals surface area (Å²) in [5.74, 6) is 0.909. The lowest BCUT2D eigenvalue weighted by Crippen LogP contribution is -2.67. The van der Waals surface area contributed by atoms with Crippen molar-refractivity contribution in [3.05, 3.63) is 90.5 Å². The van der Waals surface area contributed by atoms with Crippen LogP contribution in [0, 0.1) is 0 Å². The van der Waals surface area contributed by atoms with Gasteiger partial charge in [0.05, 0.1) is 7.11 Å². The Balaban J connectivity index is 1.59. The van der Waals surface area contributed by atoms with E-state index in [1.165, 1.54) is 15.9 Å². The summed E-state index contributed by atoms with van der Waals surface area (Å²) in [4.78, 5) is 5.31. The van der Waals surface area contributed by atoms with E-state index in [1.54, 1.807) is 7.11 Å². The highest BCUT2D eigenvalue weighted by atomic mass is 28.4. The van der Waals surface area contributed by atoms with E-state index in [0.29, 0.717) is 6.04 Å². The van der Waals surface area contributed by atoms with Crippen LogP contribution < -0.4 is 15.1 Å². The minimum absolute atomic E-state index is 0.0114. The van der Waals surface area contributed by atoms with Crippen molar-refractivity contribution in [1.29, 1.82) is 0 Å². The lowest BCUT2D eigenvalue weighted by Gasteiger charge is -2.48. The standard InChI is InChI=1S/C34H48N2O2Si/c1-33(2,3)36-24-23-35(26-28-18-20-30(37-7)21-19-28)29(27-36)22-25-38-39(34(4,5)6,31-14-10-8-11-15-31)32-16-12-9-13-17-32/h8-21,29H,22-27H2,1-7H3. The van der Waals surface area contributed by atoms with E-state index in [1.807, 2.05) is 0 Å². The zero-order valence-corrected chi connectivity index (χ0v) is 26.1. The van der Waals surface area contributed by atoms with Crippen LogP contribution >= 0.6 is 0 Å². The van der Waals surface area contributed by atoms with E-state index in [0.717, 1.165) is 45.0 Å². The van der Waals surface area contributed by atoms with Crippen molar-refractivity contribution in [2.45, 2.75) is 71.1 Å². The summed E-state index contributed by atoms with van der Waals surface area (Å²) < 4.78 is 12.7. The highest BCUT2D eigenvalue weighted by molar-refractivity contribution is 6.99. The lowest BCUT2D eigenvalue weighted by molar-refractivity contribution is 0.00996. The number of hydrogen-bond donors (Lipinski definition) is 0. The summed E-state index contributed by atoms with van der Waals surface area (Å²) in [6, 6.07) is 30.9. The van der Waals surface area contributed by atoms with Crippen molar-refractivity contribution in [2.24, 2.45) is 0 Å². The molecule has 5 heteroatoms. The number of benzene rings is 3. The molecule has 1 saturated heterocycles. The number of rotatable bonds is 9. The smallest absolute Gasteiger partial charge is 0.261 e. The predicted octanol–water partition coefficient (Wildman–Crippen LogP) is 5.95. The van der Waals surface area contributed by atoms with Crippen LogP contribution in [-0.4, -0.2) is 63.0 Å². The zero-order chi connectivity index (χ0) is 28.1. The van der Waals surface area contributed by atoms with Gasteiger partial charge in [-0.2, -0.15) is 0 Å². The number of hydrogen-bond acceptors (Lipinski definition) is 4. The lowest BCUT2D eigenvalue weighted by atomic mass is 10.00. The second kappa shape index (κ2) is 12.4. The van der Waals surface area contributed by atoms with Gasteiger partial charge in [-0.3, -0.25) is 9.80 Å². The molecule has 4 nitrogen and oxygen atoms in total. The molecule has 0 aromatic heterocycles. The van der Waals surface area contributed by atoms with Gasteiger partial charge in [-0.05, 0) is 60.3 Å². The van der Waals surface area contributed by atoms with Gasteiger partial charge in [0.1, 0.15) is 5.75 Å². The summed E-state index contributed by atoms with van der Waals surface area (Å²) in [7, 11) is -0.815. The molecule has 1 unspecified atom stereocenters. The summed E-state index contributed by atoms with van der Waals surface area (Å²) in [5, 5.41) is 2.68. The highest BCUT2D eigenvalue weighted by Crippen LogP contribution is 2.37.